The zero-order valence-corrected chi connectivity index (χ0v) is 22.5. The van der Waals surface area contributed by atoms with Crippen LogP contribution in [-0.2, 0) is 11.2 Å². The highest BCUT2D eigenvalue weighted by Gasteiger charge is 2.31. The molecular formula is C32H27F4NO5. The SMILES string of the molecule is CC(Cc1ccc(C(=O)NCCC(=O)O)cc1)c1cc(-c2ccc(OC(F)(F)F)cc2)ccc1Oc1ccc(F)cc1. The number of aliphatic carboxylic acids is 1. The van der Waals surface area contributed by atoms with Crippen LogP contribution in [0.2, 0.25) is 0 Å². The van der Waals surface area contributed by atoms with E-state index in [1.165, 1.54) is 48.5 Å². The molecule has 0 bridgehead atoms. The maximum Gasteiger partial charge on any atom is 0.573 e. The van der Waals surface area contributed by atoms with Crippen LogP contribution < -0.4 is 14.8 Å². The van der Waals surface area contributed by atoms with Crippen LogP contribution in [0.5, 0.6) is 17.2 Å². The number of nitrogens with one attached hydrogen (secondary N) is 1. The lowest BCUT2D eigenvalue weighted by Gasteiger charge is -2.19. The van der Waals surface area contributed by atoms with Crippen LogP contribution in [0.3, 0.4) is 0 Å². The first kappa shape index (κ1) is 30.1. The highest BCUT2D eigenvalue weighted by atomic mass is 19.4. The van der Waals surface area contributed by atoms with E-state index >= 15 is 0 Å². The van der Waals surface area contributed by atoms with E-state index in [1.807, 2.05) is 25.1 Å². The van der Waals surface area contributed by atoms with Gasteiger partial charge in [0.1, 0.15) is 23.1 Å². The zero-order valence-electron chi connectivity index (χ0n) is 22.5. The maximum absolute atomic E-state index is 13.4. The number of carbonyl (C=O) groups excluding carboxylic acids is 1. The molecule has 0 spiro atoms. The Morgan fingerprint density at radius 3 is 2.10 bits per heavy atom. The van der Waals surface area contributed by atoms with E-state index in [0.717, 1.165) is 16.7 Å². The predicted octanol–water partition coefficient (Wildman–Crippen LogP) is 7.73. The first-order valence-electron chi connectivity index (χ1n) is 13.0. The summed E-state index contributed by atoms with van der Waals surface area (Å²) in [4.78, 5) is 22.9. The Kier molecular flexibility index (Phi) is 9.46. The van der Waals surface area contributed by atoms with Crippen molar-refractivity contribution in [2.75, 3.05) is 6.54 Å². The number of carbonyl (C=O) groups is 2. The van der Waals surface area contributed by atoms with Crippen molar-refractivity contribution in [3.8, 4) is 28.4 Å². The number of amides is 1. The van der Waals surface area contributed by atoms with E-state index in [4.69, 9.17) is 9.84 Å². The second-order valence-electron chi connectivity index (χ2n) is 9.58. The largest absolute Gasteiger partial charge is 0.573 e. The molecule has 218 valence electrons. The van der Waals surface area contributed by atoms with Crippen LogP contribution in [0.25, 0.3) is 11.1 Å². The minimum absolute atomic E-state index is 0.0260. The smallest absolute Gasteiger partial charge is 0.481 e. The topological polar surface area (TPSA) is 84.9 Å². The van der Waals surface area contributed by atoms with Crippen molar-refractivity contribution >= 4 is 11.9 Å². The van der Waals surface area contributed by atoms with Crippen molar-refractivity contribution in [2.45, 2.75) is 32.0 Å². The molecule has 0 saturated carbocycles. The Labute approximate surface area is 239 Å². The molecule has 0 aliphatic carbocycles. The van der Waals surface area contributed by atoms with Crippen LogP contribution in [0.15, 0.2) is 91.0 Å². The molecule has 1 amide bonds. The summed E-state index contributed by atoms with van der Waals surface area (Å²) >= 11 is 0. The molecule has 0 heterocycles. The predicted molar refractivity (Wildman–Crippen MR) is 148 cm³/mol. The lowest BCUT2D eigenvalue weighted by molar-refractivity contribution is -0.274. The zero-order chi connectivity index (χ0) is 30.3. The number of hydrogen-bond donors (Lipinski definition) is 2. The number of halogens is 4. The van der Waals surface area contributed by atoms with Gasteiger partial charge in [-0.3, -0.25) is 9.59 Å². The van der Waals surface area contributed by atoms with Crippen molar-refractivity contribution in [2.24, 2.45) is 0 Å². The molecule has 4 aromatic rings. The summed E-state index contributed by atoms with van der Waals surface area (Å²) in [5, 5.41) is 11.3. The number of alkyl halides is 3. The molecule has 0 saturated heterocycles. The summed E-state index contributed by atoms with van der Waals surface area (Å²) < 4.78 is 61.2. The van der Waals surface area contributed by atoms with Gasteiger partial charge in [-0.2, -0.15) is 0 Å². The second kappa shape index (κ2) is 13.2. The summed E-state index contributed by atoms with van der Waals surface area (Å²) in [5.41, 5.74) is 3.55. The standard InChI is InChI=1S/C32H27F4NO5/c1-20(18-21-2-4-23(5-3-21)31(40)37-17-16-30(38)39)28-19-24(22-6-11-27(12-7-22)42-32(34,35)36)8-15-29(28)41-26-13-9-25(33)10-14-26/h2-15,19-20H,16-18H2,1H3,(H,37,40)(H,38,39). The Bertz CT molecular complexity index is 1520. The van der Waals surface area contributed by atoms with Crippen LogP contribution in [-0.4, -0.2) is 29.9 Å². The van der Waals surface area contributed by atoms with Crippen LogP contribution in [0.1, 0.15) is 40.7 Å². The monoisotopic (exact) mass is 581 g/mol. The molecule has 2 N–H and O–H groups in total. The Morgan fingerprint density at radius 2 is 1.48 bits per heavy atom. The van der Waals surface area contributed by atoms with Crippen molar-refractivity contribution in [3.63, 3.8) is 0 Å². The number of rotatable bonds is 11. The van der Waals surface area contributed by atoms with Crippen molar-refractivity contribution < 1.29 is 41.7 Å². The first-order chi connectivity index (χ1) is 20.0. The third-order valence-corrected chi connectivity index (χ3v) is 6.39. The van der Waals surface area contributed by atoms with Gasteiger partial charge in [0.15, 0.2) is 0 Å². The van der Waals surface area contributed by atoms with Gasteiger partial charge in [-0.05, 0) is 95.3 Å². The Morgan fingerprint density at radius 1 is 0.857 bits per heavy atom. The highest BCUT2D eigenvalue weighted by molar-refractivity contribution is 5.94. The van der Waals surface area contributed by atoms with Gasteiger partial charge in [0, 0.05) is 12.1 Å². The average molecular weight is 582 g/mol. The minimum atomic E-state index is -4.79. The average Bonchev–Trinajstić information content (AvgIpc) is 2.94. The molecule has 0 aromatic heterocycles. The molecule has 1 unspecified atom stereocenters. The number of hydrogen-bond acceptors (Lipinski definition) is 4. The molecule has 0 aliphatic rings. The summed E-state index contributed by atoms with van der Waals surface area (Å²) in [6.07, 6.45) is -4.40. The van der Waals surface area contributed by atoms with Gasteiger partial charge >= 0.3 is 12.3 Å². The van der Waals surface area contributed by atoms with E-state index in [1.54, 1.807) is 24.3 Å². The fraction of sp³-hybridized carbons (Fsp3) is 0.188. The number of ether oxygens (including phenoxy) is 2. The normalized spacial score (nSPS) is 11.9. The van der Waals surface area contributed by atoms with Crippen molar-refractivity contribution in [3.05, 3.63) is 114 Å². The molecule has 0 aliphatic heterocycles. The van der Waals surface area contributed by atoms with Crippen LogP contribution in [0.4, 0.5) is 17.6 Å². The Balaban J connectivity index is 1.57. The molecule has 42 heavy (non-hydrogen) atoms. The van der Waals surface area contributed by atoms with Gasteiger partial charge in [0.05, 0.1) is 6.42 Å². The molecular weight excluding hydrogens is 554 g/mol. The summed E-state index contributed by atoms with van der Waals surface area (Å²) in [6, 6.07) is 23.5. The second-order valence-corrected chi connectivity index (χ2v) is 9.58. The van der Waals surface area contributed by atoms with Gasteiger partial charge in [0.25, 0.3) is 5.91 Å². The maximum atomic E-state index is 13.4. The van der Waals surface area contributed by atoms with Crippen LogP contribution >= 0.6 is 0 Å². The molecule has 1 atom stereocenters. The van der Waals surface area contributed by atoms with Gasteiger partial charge in [0.2, 0.25) is 0 Å². The lowest BCUT2D eigenvalue weighted by atomic mass is 9.90. The fourth-order valence-electron chi connectivity index (χ4n) is 4.33. The number of carboxylic acids is 1. The van der Waals surface area contributed by atoms with E-state index < -0.39 is 18.1 Å². The summed E-state index contributed by atoms with van der Waals surface area (Å²) in [6.45, 7) is 2.02. The Hall–Kier alpha value is -4.86. The molecule has 0 fully saturated rings. The molecule has 4 rings (SSSR count). The quantitative estimate of drug-likeness (QED) is 0.177. The number of carboxylic acid groups (broad SMARTS) is 1. The van der Waals surface area contributed by atoms with E-state index in [9.17, 15) is 27.2 Å². The summed E-state index contributed by atoms with van der Waals surface area (Å²) in [5.74, 6) is -1.24. The van der Waals surface area contributed by atoms with Gasteiger partial charge < -0.3 is 19.9 Å². The first-order valence-corrected chi connectivity index (χ1v) is 13.0. The minimum Gasteiger partial charge on any atom is -0.481 e. The third-order valence-electron chi connectivity index (χ3n) is 6.39. The summed E-state index contributed by atoms with van der Waals surface area (Å²) in [7, 11) is 0. The fourth-order valence-corrected chi connectivity index (χ4v) is 4.33. The van der Waals surface area contributed by atoms with Crippen molar-refractivity contribution in [1.82, 2.24) is 5.32 Å². The third kappa shape index (κ3) is 8.57. The van der Waals surface area contributed by atoms with Gasteiger partial charge in [-0.25, -0.2) is 4.39 Å². The van der Waals surface area contributed by atoms with E-state index in [-0.39, 0.29) is 30.5 Å². The molecule has 10 heteroatoms. The van der Waals surface area contributed by atoms with Gasteiger partial charge in [-0.1, -0.05) is 37.3 Å². The molecule has 4 aromatic carbocycles. The van der Waals surface area contributed by atoms with E-state index in [2.05, 4.69) is 10.1 Å². The highest BCUT2D eigenvalue weighted by Crippen LogP contribution is 2.37. The van der Waals surface area contributed by atoms with Crippen LogP contribution in [0, 0.1) is 5.82 Å². The lowest BCUT2D eigenvalue weighted by Crippen LogP contribution is -2.25. The molecule has 0 radical (unpaired) electrons. The molecule has 6 nitrogen and oxygen atoms in total. The van der Waals surface area contributed by atoms with Crippen molar-refractivity contribution in [1.29, 1.82) is 0 Å². The number of benzene rings is 4. The van der Waals surface area contributed by atoms with E-state index in [0.29, 0.717) is 29.0 Å². The van der Waals surface area contributed by atoms with Gasteiger partial charge in [-0.15, -0.1) is 13.2 Å².